The highest BCUT2D eigenvalue weighted by molar-refractivity contribution is 5.74. The lowest BCUT2D eigenvalue weighted by molar-refractivity contribution is -0.142. The van der Waals surface area contributed by atoms with Gasteiger partial charge in [-0.25, -0.2) is 0 Å². The summed E-state index contributed by atoms with van der Waals surface area (Å²) < 4.78 is 5.94. The molecule has 0 aromatic heterocycles. The van der Waals surface area contributed by atoms with Gasteiger partial charge in [0.25, 0.3) is 0 Å². The Bertz CT molecular complexity index is 714. The first-order valence-corrected chi connectivity index (χ1v) is 8.91. The molecule has 1 aliphatic rings. The molecule has 0 amide bonds. The van der Waals surface area contributed by atoms with E-state index in [1.807, 2.05) is 30.3 Å². The van der Waals surface area contributed by atoms with Crippen LogP contribution in [0.15, 0.2) is 48.5 Å². The van der Waals surface area contributed by atoms with Gasteiger partial charge >= 0.3 is 5.97 Å². The van der Waals surface area contributed by atoms with Crippen molar-refractivity contribution in [1.29, 1.82) is 0 Å². The van der Waals surface area contributed by atoms with Crippen LogP contribution in [0.1, 0.15) is 41.2 Å². The predicted molar refractivity (Wildman–Crippen MR) is 97.5 cm³/mol. The Hall–Kier alpha value is -2.17. The quantitative estimate of drug-likeness (QED) is 0.812. The minimum atomic E-state index is -1.08. The molecule has 1 unspecified atom stereocenters. The second-order valence-electron chi connectivity index (χ2n) is 6.58. The number of ether oxygens (including phenoxy) is 1. The molecule has 3 rings (SSSR count). The Morgan fingerprint density at radius 2 is 1.84 bits per heavy atom. The molecule has 0 saturated carbocycles. The number of hydrogen-bond acceptors (Lipinski definition) is 3. The van der Waals surface area contributed by atoms with Crippen LogP contribution in [0.2, 0.25) is 0 Å². The van der Waals surface area contributed by atoms with Gasteiger partial charge < -0.3 is 15.6 Å². The Balaban J connectivity index is 1.69. The molecule has 1 aliphatic carbocycles. The Kier molecular flexibility index (Phi) is 5.84. The molecule has 0 spiro atoms. The summed E-state index contributed by atoms with van der Waals surface area (Å²) in [5.74, 6) is -1.05. The van der Waals surface area contributed by atoms with Gasteiger partial charge in [0.1, 0.15) is 12.1 Å². The summed E-state index contributed by atoms with van der Waals surface area (Å²) in [6.07, 6.45) is 4.91. The number of rotatable bonds is 7. The highest BCUT2D eigenvalue weighted by atomic mass is 16.5. The molecular weight excluding hydrogens is 314 g/mol. The van der Waals surface area contributed by atoms with E-state index in [1.165, 1.54) is 29.5 Å². The molecular formula is C21H25NO3. The van der Waals surface area contributed by atoms with Crippen LogP contribution in [0, 0.1) is 0 Å². The van der Waals surface area contributed by atoms with Crippen LogP contribution in [-0.4, -0.2) is 23.7 Å². The van der Waals surface area contributed by atoms with Crippen molar-refractivity contribution in [1.82, 2.24) is 0 Å². The van der Waals surface area contributed by atoms with Crippen molar-refractivity contribution in [2.45, 2.75) is 44.2 Å². The molecule has 0 radical (unpaired) electrons. The number of carboxylic acid groups (broad SMARTS) is 1. The molecule has 4 heteroatoms. The molecule has 2 aromatic rings. The number of carbonyl (C=O) groups is 1. The van der Waals surface area contributed by atoms with Crippen molar-refractivity contribution < 1.29 is 14.6 Å². The maximum Gasteiger partial charge on any atom is 0.323 e. The summed E-state index contributed by atoms with van der Waals surface area (Å²) in [5.41, 5.74) is 10.9. The number of aliphatic carboxylic acids is 1. The number of fused-ring (bicyclic) bond motifs is 1. The fraction of sp³-hybridized carbons (Fsp3) is 0.381. The van der Waals surface area contributed by atoms with Crippen LogP contribution in [0.3, 0.4) is 0 Å². The van der Waals surface area contributed by atoms with Crippen LogP contribution in [0.25, 0.3) is 0 Å². The highest BCUT2D eigenvalue weighted by Crippen LogP contribution is 2.26. The topological polar surface area (TPSA) is 72.6 Å². The van der Waals surface area contributed by atoms with Gasteiger partial charge in [-0.1, -0.05) is 48.5 Å². The van der Waals surface area contributed by atoms with E-state index < -0.39 is 18.1 Å². The molecule has 132 valence electrons. The van der Waals surface area contributed by atoms with E-state index in [2.05, 4.69) is 18.2 Å². The molecule has 4 nitrogen and oxygen atoms in total. The van der Waals surface area contributed by atoms with Crippen LogP contribution in [0.5, 0.6) is 0 Å². The lowest BCUT2D eigenvalue weighted by Gasteiger charge is -2.23. The van der Waals surface area contributed by atoms with Gasteiger partial charge in [0.2, 0.25) is 0 Å². The van der Waals surface area contributed by atoms with Crippen LogP contribution in [0.4, 0.5) is 0 Å². The fourth-order valence-electron chi connectivity index (χ4n) is 3.57. The summed E-state index contributed by atoms with van der Waals surface area (Å²) in [7, 11) is 0. The highest BCUT2D eigenvalue weighted by Gasteiger charge is 2.26. The van der Waals surface area contributed by atoms with Crippen LogP contribution in [-0.2, 0) is 28.8 Å². The number of benzene rings is 2. The van der Waals surface area contributed by atoms with Crippen LogP contribution < -0.4 is 5.73 Å². The normalized spacial score (nSPS) is 16.0. The fourth-order valence-corrected chi connectivity index (χ4v) is 3.57. The summed E-state index contributed by atoms with van der Waals surface area (Å²) in [6.45, 7) is 0.455. The van der Waals surface area contributed by atoms with Gasteiger partial charge in [0.15, 0.2) is 0 Å². The van der Waals surface area contributed by atoms with Crippen molar-refractivity contribution in [2.75, 3.05) is 6.61 Å². The van der Waals surface area contributed by atoms with Crippen molar-refractivity contribution in [3.8, 4) is 0 Å². The number of carboxylic acids is 1. The zero-order valence-electron chi connectivity index (χ0n) is 14.4. The molecule has 25 heavy (non-hydrogen) atoms. The average Bonchev–Trinajstić information content (AvgIpc) is 2.65. The van der Waals surface area contributed by atoms with E-state index in [0.717, 1.165) is 24.8 Å². The van der Waals surface area contributed by atoms with Crippen molar-refractivity contribution in [3.63, 3.8) is 0 Å². The molecule has 0 heterocycles. The SMILES string of the molecule is N[C@H](C(=O)O)C(OCCc1cccc2c1CCCC2)c1ccccc1. The smallest absolute Gasteiger partial charge is 0.323 e. The van der Waals surface area contributed by atoms with Crippen molar-refractivity contribution >= 4 is 5.97 Å². The average molecular weight is 339 g/mol. The predicted octanol–water partition coefficient (Wildman–Crippen LogP) is 3.28. The van der Waals surface area contributed by atoms with E-state index in [9.17, 15) is 9.90 Å². The third kappa shape index (κ3) is 4.27. The number of hydrogen-bond donors (Lipinski definition) is 2. The summed E-state index contributed by atoms with van der Waals surface area (Å²) in [5, 5.41) is 9.28. The molecule has 0 fully saturated rings. The first-order chi connectivity index (χ1) is 12.2. The minimum absolute atomic E-state index is 0.455. The summed E-state index contributed by atoms with van der Waals surface area (Å²) in [6, 6.07) is 14.7. The third-order valence-electron chi connectivity index (χ3n) is 4.90. The third-order valence-corrected chi connectivity index (χ3v) is 4.90. The summed E-state index contributed by atoms with van der Waals surface area (Å²) in [4.78, 5) is 11.3. The van der Waals surface area contributed by atoms with E-state index >= 15 is 0 Å². The van der Waals surface area contributed by atoms with E-state index in [1.54, 1.807) is 0 Å². The second-order valence-corrected chi connectivity index (χ2v) is 6.58. The molecule has 0 saturated heterocycles. The number of aryl methyl sites for hydroxylation is 1. The monoisotopic (exact) mass is 339 g/mol. The minimum Gasteiger partial charge on any atom is -0.480 e. The zero-order valence-corrected chi connectivity index (χ0v) is 14.4. The summed E-state index contributed by atoms with van der Waals surface area (Å²) >= 11 is 0. The van der Waals surface area contributed by atoms with Gasteiger partial charge in [-0.05, 0) is 54.4 Å². The Morgan fingerprint density at radius 3 is 2.60 bits per heavy atom. The molecule has 2 atom stereocenters. The first-order valence-electron chi connectivity index (χ1n) is 8.91. The van der Waals surface area contributed by atoms with Gasteiger partial charge in [0.05, 0.1) is 6.61 Å². The van der Waals surface area contributed by atoms with E-state index in [4.69, 9.17) is 10.5 Å². The second kappa shape index (κ2) is 8.28. The maximum atomic E-state index is 11.3. The molecule has 0 aliphatic heterocycles. The lowest BCUT2D eigenvalue weighted by atomic mass is 9.87. The molecule has 2 aromatic carbocycles. The zero-order chi connectivity index (χ0) is 17.6. The lowest BCUT2D eigenvalue weighted by Crippen LogP contribution is -2.38. The molecule has 3 N–H and O–H groups in total. The van der Waals surface area contributed by atoms with Crippen molar-refractivity contribution in [3.05, 3.63) is 70.8 Å². The van der Waals surface area contributed by atoms with Gasteiger partial charge in [-0.2, -0.15) is 0 Å². The van der Waals surface area contributed by atoms with E-state index in [0.29, 0.717) is 6.61 Å². The Labute approximate surface area is 148 Å². The standard InChI is InChI=1S/C21H25NO3/c22-19(21(23)24)20(17-8-2-1-3-9-17)25-14-13-16-11-6-10-15-7-4-5-12-18(15)16/h1-3,6,8-11,19-20H,4-5,7,12-14,22H2,(H,23,24)/t19-,20?/m0/s1. The molecule has 0 bridgehead atoms. The van der Waals surface area contributed by atoms with E-state index in [-0.39, 0.29) is 0 Å². The maximum absolute atomic E-state index is 11.3. The number of nitrogens with two attached hydrogens (primary N) is 1. The largest absolute Gasteiger partial charge is 0.480 e. The van der Waals surface area contributed by atoms with Crippen molar-refractivity contribution in [2.24, 2.45) is 5.73 Å². The van der Waals surface area contributed by atoms with Gasteiger partial charge in [-0.3, -0.25) is 4.79 Å². The Morgan fingerprint density at radius 1 is 1.08 bits per heavy atom. The van der Waals surface area contributed by atoms with Gasteiger partial charge in [0, 0.05) is 0 Å². The first kappa shape index (κ1) is 17.6. The van der Waals surface area contributed by atoms with Crippen LogP contribution >= 0.6 is 0 Å². The van der Waals surface area contributed by atoms with Gasteiger partial charge in [-0.15, -0.1) is 0 Å².